The summed E-state index contributed by atoms with van der Waals surface area (Å²) in [5.74, 6) is 0.523. The van der Waals surface area contributed by atoms with E-state index < -0.39 is 0 Å². The Kier molecular flexibility index (Phi) is 3.34. The largest absolute Gasteiger partial charge is 0.382 e. The Morgan fingerprint density at radius 2 is 2.30 bits per heavy atom. The first kappa shape index (κ1) is 12.6. The van der Waals surface area contributed by atoms with Crippen molar-refractivity contribution in [3.8, 4) is 11.1 Å². The van der Waals surface area contributed by atoms with Gasteiger partial charge in [-0.25, -0.2) is 0 Å². The first-order valence-corrected chi connectivity index (χ1v) is 6.91. The number of hydrogen-bond acceptors (Lipinski definition) is 6. The highest BCUT2D eigenvalue weighted by atomic mass is 32.1. The summed E-state index contributed by atoms with van der Waals surface area (Å²) in [6, 6.07) is 3.86. The molecule has 3 heterocycles. The van der Waals surface area contributed by atoms with Crippen molar-refractivity contribution in [2.75, 3.05) is 11.1 Å². The molecular weight excluding hydrogens is 272 g/mol. The van der Waals surface area contributed by atoms with Crippen LogP contribution < -0.4 is 11.1 Å². The third-order valence-corrected chi connectivity index (χ3v) is 3.86. The predicted molar refractivity (Wildman–Crippen MR) is 80.4 cm³/mol. The summed E-state index contributed by atoms with van der Waals surface area (Å²) >= 11 is 1.35. The van der Waals surface area contributed by atoms with Crippen molar-refractivity contribution in [2.45, 2.75) is 13.5 Å². The SMILES string of the molecule is Cc1[nH]ncc1CNc1snc(N)c1-c1cccnc1. The molecular formula is C13H14N6S. The number of hydrogen-bond donors (Lipinski definition) is 3. The number of aryl methyl sites for hydroxylation is 1. The summed E-state index contributed by atoms with van der Waals surface area (Å²) in [6.45, 7) is 2.67. The Morgan fingerprint density at radius 1 is 1.40 bits per heavy atom. The second-order valence-corrected chi connectivity index (χ2v) is 5.16. The Hall–Kier alpha value is -2.41. The standard InChI is InChI=1S/C13H14N6S/c1-8-10(7-17-18-8)6-16-13-11(12(14)19-20-13)9-3-2-4-15-5-9/h2-5,7,16H,6H2,1H3,(H2,14,19)(H,17,18). The third kappa shape index (κ3) is 2.35. The Balaban J connectivity index is 1.86. The molecule has 3 rings (SSSR count). The molecule has 0 unspecified atom stereocenters. The Labute approximate surface area is 120 Å². The maximum Gasteiger partial charge on any atom is 0.147 e. The number of nitrogens with one attached hydrogen (secondary N) is 2. The van der Waals surface area contributed by atoms with Gasteiger partial charge in [0.15, 0.2) is 0 Å². The van der Waals surface area contributed by atoms with E-state index in [0.717, 1.165) is 27.4 Å². The van der Waals surface area contributed by atoms with Crippen LogP contribution in [0.3, 0.4) is 0 Å². The molecule has 0 atom stereocenters. The van der Waals surface area contributed by atoms with E-state index in [9.17, 15) is 0 Å². The van der Waals surface area contributed by atoms with Crippen molar-refractivity contribution < 1.29 is 0 Å². The lowest BCUT2D eigenvalue weighted by Crippen LogP contribution is -2.00. The molecule has 7 heteroatoms. The predicted octanol–water partition coefficient (Wildman–Crippen LogP) is 2.43. The van der Waals surface area contributed by atoms with Gasteiger partial charge in [-0.3, -0.25) is 10.1 Å². The van der Waals surface area contributed by atoms with Crippen LogP contribution in [0.4, 0.5) is 10.8 Å². The smallest absolute Gasteiger partial charge is 0.147 e. The summed E-state index contributed by atoms with van der Waals surface area (Å²) in [5, 5.41) is 11.2. The van der Waals surface area contributed by atoms with Crippen LogP contribution >= 0.6 is 11.5 Å². The molecule has 0 saturated heterocycles. The fourth-order valence-electron chi connectivity index (χ4n) is 1.94. The molecule has 0 aliphatic carbocycles. The number of aromatic amines is 1. The molecule has 102 valence electrons. The summed E-state index contributed by atoms with van der Waals surface area (Å²) in [6.07, 6.45) is 5.34. The molecule has 0 saturated carbocycles. The number of nitrogens with zero attached hydrogens (tertiary/aromatic N) is 3. The monoisotopic (exact) mass is 286 g/mol. The summed E-state index contributed by atoms with van der Waals surface area (Å²) in [7, 11) is 0. The lowest BCUT2D eigenvalue weighted by molar-refractivity contribution is 1.04. The normalized spacial score (nSPS) is 10.7. The van der Waals surface area contributed by atoms with Crippen LogP contribution in [0.2, 0.25) is 0 Å². The molecule has 0 aromatic carbocycles. The number of rotatable bonds is 4. The van der Waals surface area contributed by atoms with Gasteiger partial charge in [-0.15, -0.1) is 0 Å². The molecule has 20 heavy (non-hydrogen) atoms. The molecule has 0 bridgehead atoms. The lowest BCUT2D eigenvalue weighted by atomic mass is 10.1. The Morgan fingerprint density at radius 3 is 3.00 bits per heavy atom. The van der Waals surface area contributed by atoms with Crippen molar-refractivity contribution in [3.63, 3.8) is 0 Å². The van der Waals surface area contributed by atoms with Gasteiger partial charge in [-0.1, -0.05) is 6.07 Å². The molecule has 4 N–H and O–H groups in total. The zero-order valence-electron chi connectivity index (χ0n) is 10.9. The average Bonchev–Trinajstić information content (AvgIpc) is 3.03. The quantitative estimate of drug-likeness (QED) is 0.685. The zero-order valence-corrected chi connectivity index (χ0v) is 11.7. The van der Waals surface area contributed by atoms with E-state index in [2.05, 4.69) is 24.9 Å². The lowest BCUT2D eigenvalue weighted by Gasteiger charge is -2.06. The second-order valence-electron chi connectivity index (χ2n) is 4.39. The van der Waals surface area contributed by atoms with Crippen LogP contribution in [0.5, 0.6) is 0 Å². The maximum absolute atomic E-state index is 5.97. The molecule has 0 aliphatic heterocycles. The van der Waals surface area contributed by atoms with Crippen LogP contribution in [-0.2, 0) is 6.54 Å². The molecule has 6 nitrogen and oxygen atoms in total. The van der Waals surface area contributed by atoms with Crippen molar-refractivity contribution in [1.29, 1.82) is 0 Å². The molecule has 0 radical (unpaired) electrons. The van der Waals surface area contributed by atoms with Gasteiger partial charge in [0.25, 0.3) is 0 Å². The van der Waals surface area contributed by atoms with Crippen molar-refractivity contribution >= 4 is 22.4 Å². The highest BCUT2D eigenvalue weighted by Gasteiger charge is 2.14. The van der Waals surface area contributed by atoms with Crippen LogP contribution in [0.15, 0.2) is 30.7 Å². The van der Waals surface area contributed by atoms with E-state index in [-0.39, 0.29) is 0 Å². The summed E-state index contributed by atoms with van der Waals surface area (Å²) < 4.78 is 4.22. The minimum atomic E-state index is 0.523. The number of nitrogens with two attached hydrogens (primary N) is 1. The first-order chi connectivity index (χ1) is 9.75. The summed E-state index contributed by atoms with van der Waals surface area (Å²) in [5.41, 5.74) is 10.0. The first-order valence-electron chi connectivity index (χ1n) is 6.14. The van der Waals surface area contributed by atoms with Gasteiger partial charge in [0.2, 0.25) is 0 Å². The number of aromatic nitrogens is 4. The van der Waals surface area contributed by atoms with Crippen LogP contribution in [0, 0.1) is 6.92 Å². The topological polar surface area (TPSA) is 92.5 Å². The van der Waals surface area contributed by atoms with Crippen molar-refractivity contribution in [2.24, 2.45) is 0 Å². The van der Waals surface area contributed by atoms with E-state index in [1.807, 2.05) is 25.3 Å². The minimum Gasteiger partial charge on any atom is -0.382 e. The van der Waals surface area contributed by atoms with E-state index in [0.29, 0.717) is 12.4 Å². The molecule has 3 aromatic rings. The highest BCUT2D eigenvalue weighted by molar-refractivity contribution is 7.11. The maximum atomic E-state index is 5.97. The van der Waals surface area contributed by atoms with Gasteiger partial charge < -0.3 is 11.1 Å². The van der Waals surface area contributed by atoms with Gasteiger partial charge in [-0.05, 0) is 24.5 Å². The van der Waals surface area contributed by atoms with E-state index >= 15 is 0 Å². The minimum absolute atomic E-state index is 0.523. The molecule has 0 aliphatic rings. The molecule has 3 aromatic heterocycles. The van der Waals surface area contributed by atoms with E-state index in [1.54, 1.807) is 12.4 Å². The number of nitrogen functional groups attached to an aromatic ring is 1. The number of anilines is 2. The highest BCUT2D eigenvalue weighted by Crippen LogP contribution is 2.36. The van der Waals surface area contributed by atoms with E-state index in [1.165, 1.54) is 11.5 Å². The van der Waals surface area contributed by atoms with E-state index in [4.69, 9.17) is 5.73 Å². The number of H-pyrrole nitrogens is 1. The van der Waals surface area contributed by atoms with Crippen LogP contribution in [0.25, 0.3) is 11.1 Å². The number of pyridine rings is 1. The van der Waals surface area contributed by atoms with Gasteiger partial charge in [0, 0.05) is 35.8 Å². The van der Waals surface area contributed by atoms with Gasteiger partial charge in [0.1, 0.15) is 10.8 Å². The summed E-state index contributed by atoms with van der Waals surface area (Å²) in [4.78, 5) is 4.13. The Bertz CT molecular complexity index is 703. The van der Waals surface area contributed by atoms with Gasteiger partial charge >= 0.3 is 0 Å². The molecule has 0 spiro atoms. The zero-order chi connectivity index (χ0) is 13.9. The average molecular weight is 286 g/mol. The van der Waals surface area contributed by atoms with Gasteiger partial charge in [-0.2, -0.15) is 9.47 Å². The molecule has 0 fully saturated rings. The van der Waals surface area contributed by atoms with Crippen molar-refractivity contribution in [3.05, 3.63) is 42.0 Å². The van der Waals surface area contributed by atoms with Crippen LogP contribution in [-0.4, -0.2) is 19.6 Å². The third-order valence-electron chi connectivity index (χ3n) is 3.04. The molecule has 0 amide bonds. The van der Waals surface area contributed by atoms with Crippen LogP contribution in [0.1, 0.15) is 11.3 Å². The van der Waals surface area contributed by atoms with Gasteiger partial charge in [0.05, 0.1) is 11.8 Å². The second kappa shape index (κ2) is 5.30. The fraction of sp³-hybridized carbons (Fsp3) is 0.154. The van der Waals surface area contributed by atoms with Crippen molar-refractivity contribution in [1.82, 2.24) is 19.6 Å². The fourth-order valence-corrected chi connectivity index (χ4v) is 2.67.